The Morgan fingerprint density at radius 1 is 1.19 bits per heavy atom. The fourth-order valence-electron chi connectivity index (χ4n) is 3.91. The standard InChI is InChI=1S/C22H27N3O2/c1-15-20(14-25-12-11-16(13-25)24(2)3)23-22(27-15)19-9-10-21(26-4)18-8-6-5-7-17(18)19/h5-10,16H,11-14H2,1-4H3. The molecule has 1 aliphatic heterocycles. The quantitative estimate of drug-likeness (QED) is 0.685. The molecule has 2 aromatic carbocycles. The van der Waals surface area contributed by atoms with Gasteiger partial charge in [0.05, 0.1) is 12.8 Å². The van der Waals surface area contributed by atoms with Crippen LogP contribution in [0.5, 0.6) is 5.75 Å². The van der Waals surface area contributed by atoms with Crippen LogP contribution < -0.4 is 4.74 Å². The molecule has 3 aromatic rings. The predicted molar refractivity (Wildman–Crippen MR) is 108 cm³/mol. The van der Waals surface area contributed by atoms with E-state index in [1.165, 1.54) is 6.42 Å². The van der Waals surface area contributed by atoms with Crippen molar-refractivity contribution >= 4 is 10.8 Å². The summed E-state index contributed by atoms with van der Waals surface area (Å²) in [7, 11) is 6.01. The van der Waals surface area contributed by atoms with Gasteiger partial charge in [0.2, 0.25) is 5.89 Å². The van der Waals surface area contributed by atoms with Gasteiger partial charge in [-0.3, -0.25) is 4.90 Å². The zero-order valence-electron chi connectivity index (χ0n) is 16.5. The van der Waals surface area contributed by atoms with Crippen LogP contribution >= 0.6 is 0 Å². The number of benzene rings is 2. The molecule has 142 valence electrons. The van der Waals surface area contributed by atoms with E-state index in [1.807, 2.05) is 31.2 Å². The number of likely N-dealkylation sites (tertiary alicyclic amines) is 1. The van der Waals surface area contributed by atoms with Gasteiger partial charge >= 0.3 is 0 Å². The van der Waals surface area contributed by atoms with E-state index < -0.39 is 0 Å². The highest BCUT2D eigenvalue weighted by atomic mass is 16.5. The highest BCUT2D eigenvalue weighted by molar-refractivity contribution is 5.98. The van der Waals surface area contributed by atoms with Gasteiger partial charge in [0.15, 0.2) is 0 Å². The minimum absolute atomic E-state index is 0.627. The topological polar surface area (TPSA) is 41.7 Å². The number of hydrogen-bond donors (Lipinski definition) is 0. The van der Waals surface area contributed by atoms with E-state index in [-0.39, 0.29) is 0 Å². The summed E-state index contributed by atoms with van der Waals surface area (Å²) in [6.45, 7) is 5.04. The molecule has 1 aliphatic rings. The van der Waals surface area contributed by atoms with Gasteiger partial charge in [-0.15, -0.1) is 0 Å². The summed E-state index contributed by atoms with van der Waals surface area (Å²) in [5.41, 5.74) is 2.04. The summed E-state index contributed by atoms with van der Waals surface area (Å²) in [4.78, 5) is 9.63. The molecule has 0 spiro atoms. The number of aryl methyl sites for hydroxylation is 1. The molecule has 2 heterocycles. The first kappa shape index (κ1) is 18.0. The Kier molecular flexibility index (Phi) is 4.89. The second kappa shape index (κ2) is 7.33. The summed E-state index contributed by atoms with van der Waals surface area (Å²) < 4.78 is 11.6. The SMILES string of the molecule is COc1ccc(-c2nc(CN3CCC(N(C)C)C3)c(C)o2)c2ccccc12. The van der Waals surface area contributed by atoms with Gasteiger partial charge in [-0.2, -0.15) is 0 Å². The summed E-state index contributed by atoms with van der Waals surface area (Å²) in [6, 6.07) is 12.9. The lowest BCUT2D eigenvalue weighted by molar-refractivity contribution is 0.262. The number of rotatable bonds is 5. The first-order chi connectivity index (χ1) is 13.1. The third kappa shape index (κ3) is 3.45. The zero-order chi connectivity index (χ0) is 19.0. The molecule has 1 fully saturated rings. The third-order valence-electron chi connectivity index (χ3n) is 5.58. The molecule has 5 heteroatoms. The number of hydrogen-bond acceptors (Lipinski definition) is 5. The number of oxazole rings is 1. The smallest absolute Gasteiger partial charge is 0.227 e. The normalized spacial score (nSPS) is 17.9. The highest BCUT2D eigenvalue weighted by Gasteiger charge is 2.25. The summed E-state index contributed by atoms with van der Waals surface area (Å²) in [6.07, 6.45) is 1.21. The molecule has 0 amide bonds. The number of methoxy groups -OCH3 is 1. The maximum Gasteiger partial charge on any atom is 0.227 e. The van der Waals surface area contributed by atoms with Crippen LogP contribution in [0.15, 0.2) is 40.8 Å². The summed E-state index contributed by atoms with van der Waals surface area (Å²) in [5.74, 6) is 2.45. The molecule has 1 unspecified atom stereocenters. The molecule has 27 heavy (non-hydrogen) atoms. The first-order valence-electron chi connectivity index (χ1n) is 9.48. The minimum Gasteiger partial charge on any atom is -0.496 e. The van der Waals surface area contributed by atoms with Gasteiger partial charge < -0.3 is 14.1 Å². The minimum atomic E-state index is 0.627. The Morgan fingerprint density at radius 3 is 2.67 bits per heavy atom. The lowest BCUT2D eigenvalue weighted by atomic mass is 10.0. The largest absolute Gasteiger partial charge is 0.496 e. The summed E-state index contributed by atoms with van der Waals surface area (Å²) in [5, 5.41) is 2.17. The van der Waals surface area contributed by atoms with Gasteiger partial charge in [-0.1, -0.05) is 24.3 Å². The average Bonchev–Trinajstić information content (AvgIpc) is 3.28. The van der Waals surface area contributed by atoms with Crippen LogP contribution in [0.4, 0.5) is 0 Å². The Bertz CT molecular complexity index is 948. The monoisotopic (exact) mass is 365 g/mol. The van der Waals surface area contributed by atoms with Gasteiger partial charge in [0, 0.05) is 36.6 Å². The average molecular weight is 365 g/mol. The van der Waals surface area contributed by atoms with E-state index in [0.717, 1.165) is 53.2 Å². The second-order valence-electron chi connectivity index (χ2n) is 7.52. The molecular weight excluding hydrogens is 338 g/mol. The van der Waals surface area contributed by atoms with Gasteiger partial charge in [0.1, 0.15) is 11.5 Å². The molecule has 0 saturated carbocycles. The first-order valence-corrected chi connectivity index (χ1v) is 9.48. The second-order valence-corrected chi connectivity index (χ2v) is 7.52. The van der Waals surface area contributed by atoms with Crippen LogP contribution in [0.25, 0.3) is 22.2 Å². The van der Waals surface area contributed by atoms with Crippen molar-refractivity contribution < 1.29 is 9.15 Å². The Hall–Kier alpha value is -2.37. The molecule has 0 radical (unpaired) electrons. The number of nitrogens with zero attached hydrogens (tertiary/aromatic N) is 3. The van der Waals surface area contributed by atoms with E-state index in [0.29, 0.717) is 11.9 Å². The van der Waals surface area contributed by atoms with Crippen molar-refractivity contribution in [2.24, 2.45) is 0 Å². The van der Waals surface area contributed by atoms with Gasteiger partial charge in [-0.25, -0.2) is 4.98 Å². The van der Waals surface area contributed by atoms with Crippen molar-refractivity contribution in [1.82, 2.24) is 14.8 Å². The fourth-order valence-corrected chi connectivity index (χ4v) is 3.91. The lowest BCUT2D eigenvalue weighted by Crippen LogP contribution is -2.31. The molecule has 0 aliphatic carbocycles. The fraction of sp³-hybridized carbons (Fsp3) is 0.409. The lowest BCUT2D eigenvalue weighted by Gasteiger charge is -2.19. The van der Waals surface area contributed by atoms with Crippen molar-refractivity contribution in [3.63, 3.8) is 0 Å². The maximum absolute atomic E-state index is 6.08. The predicted octanol–water partition coefficient (Wildman–Crippen LogP) is 3.95. The van der Waals surface area contributed by atoms with Crippen LogP contribution in [-0.2, 0) is 6.54 Å². The molecule has 1 atom stereocenters. The molecule has 4 rings (SSSR count). The van der Waals surface area contributed by atoms with Crippen LogP contribution in [0.2, 0.25) is 0 Å². The zero-order valence-corrected chi connectivity index (χ0v) is 16.5. The number of aromatic nitrogens is 1. The van der Waals surface area contributed by atoms with E-state index in [1.54, 1.807) is 7.11 Å². The molecule has 5 nitrogen and oxygen atoms in total. The highest BCUT2D eigenvalue weighted by Crippen LogP contribution is 2.34. The van der Waals surface area contributed by atoms with E-state index in [2.05, 4.69) is 36.0 Å². The summed E-state index contributed by atoms with van der Waals surface area (Å²) >= 11 is 0. The van der Waals surface area contributed by atoms with Crippen molar-refractivity contribution in [3.05, 3.63) is 47.9 Å². The van der Waals surface area contributed by atoms with E-state index in [4.69, 9.17) is 14.1 Å². The van der Waals surface area contributed by atoms with Crippen molar-refractivity contribution in [2.45, 2.75) is 25.9 Å². The third-order valence-corrected chi connectivity index (χ3v) is 5.58. The van der Waals surface area contributed by atoms with Crippen LogP contribution in [0, 0.1) is 6.92 Å². The van der Waals surface area contributed by atoms with Crippen LogP contribution in [-0.4, -0.2) is 55.1 Å². The maximum atomic E-state index is 6.08. The Morgan fingerprint density at radius 2 is 1.96 bits per heavy atom. The molecular formula is C22H27N3O2. The Labute approximate surface area is 160 Å². The molecule has 1 aromatic heterocycles. The Balaban J connectivity index is 1.63. The van der Waals surface area contributed by atoms with Crippen LogP contribution in [0.1, 0.15) is 17.9 Å². The van der Waals surface area contributed by atoms with Gasteiger partial charge in [0.25, 0.3) is 0 Å². The molecule has 0 N–H and O–H groups in total. The number of fused-ring (bicyclic) bond motifs is 1. The molecule has 0 bridgehead atoms. The van der Waals surface area contributed by atoms with Crippen molar-refractivity contribution in [2.75, 3.05) is 34.3 Å². The van der Waals surface area contributed by atoms with Crippen molar-refractivity contribution in [1.29, 1.82) is 0 Å². The van der Waals surface area contributed by atoms with Crippen LogP contribution in [0.3, 0.4) is 0 Å². The molecule has 1 saturated heterocycles. The van der Waals surface area contributed by atoms with E-state index in [9.17, 15) is 0 Å². The van der Waals surface area contributed by atoms with Crippen molar-refractivity contribution in [3.8, 4) is 17.2 Å². The number of ether oxygens (including phenoxy) is 1. The van der Waals surface area contributed by atoms with E-state index >= 15 is 0 Å². The van der Waals surface area contributed by atoms with Gasteiger partial charge in [-0.05, 0) is 45.0 Å². The number of likely N-dealkylation sites (N-methyl/N-ethyl adjacent to an activating group) is 1.